The monoisotopic (exact) mass is 365 g/mol. The second-order valence-electron chi connectivity index (χ2n) is 8.05. The van der Waals surface area contributed by atoms with Crippen LogP contribution in [0.2, 0.25) is 0 Å². The third-order valence-electron chi connectivity index (χ3n) is 4.31. The van der Waals surface area contributed by atoms with E-state index >= 15 is 0 Å². The summed E-state index contributed by atoms with van der Waals surface area (Å²) in [4.78, 5) is 12.7. The van der Waals surface area contributed by atoms with E-state index in [1.165, 1.54) is 0 Å². The van der Waals surface area contributed by atoms with E-state index in [-0.39, 0.29) is 11.4 Å². The number of benzene rings is 1. The molecule has 27 heavy (non-hydrogen) atoms. The van der Waals surface area contributed by atoms with E-state index in [9.17, 15) is 4.79 Å². The van der Waals surface area contributed by atoms with Crippen LogP contribution in [-0.4, -0.2) is 25.5 Å². The third-order valence-corrected chi connectivity index (χ3v) is 4.31. The summed E-state index contributed by atoms with van der Waals surface area (Å²) in [6.07, 6.45) is 3.68. The molecule has 6 heteroatoms. The predicted molar refractivity (Wildman–Crippen MR) is 107 cm³/mol. The highest BCUT2D eigenvalue weighted by molar-refractivity contribution is 6.02. The first-order valence-electron chi connectivity index (χ1n) is 9.22. The number of anilines is 1. The molecule has 0 bridgehead atoms. The molecule has 0 atom stereocenters. The molecular formula is C21H27N5O. The average molecular weight is 365 g/mol. The lowest BCUT2D eigenvalue weighted by molar-refractivity contribution is 0.102. The van der Waals surface area contributed by atoms with Crippen molar-refractivity contribution >= 4 is 11.6 Å². The van der Waals surface area contributed by atoms with Crippen molar-refractivity contribution < 1.29 is 4.79 Å². The van der Waals surface area contributed by atoms with Crippen LogP contribution in [0.15, 0.2) is 48.8 Å². The molecule has 3 aromatic rings. The smallest absolute Gasteiger partial charge is 0.276 e. The first-order chi connectivity index (χ1) is 12.7. The van der Waals surface area contributed by atoms with Gasteiger partial charge in [0, 0.05) is 23.8 Å². The molecule has 1 N–H and O–H groups in total. The standard InChI is InChI=1S/C21H27N5O/c1-15(2)19-13-18(24-26(19)21(3,4)5)20(27)23-17-9-7-16(8-10-17)14-25-12-6-11-22-25/h6-13,15H,14H2,1-5H3,(H,23,27). The molecule has 1 aromatic carbocycles. The van der Waals surface area contributed by atoms with Gasteiger partial charge in [0.2, 0.25) is 0 Å². The number of rotatable bonds is 5. The highest BCUT2D eigenvalue weighted by Crippen LogP contribution is 2.24. The molecule has 0 aliphatic heterocycles. The summed E-state index contributed by atoms with van der Waals surface area (Å²) >= 11 is 0. The highest BCUT2D eigenvalue weighted by Gasteiger charge is 2.23. The van der Waals surface area contributed by atoms with Gasteiger partial charge in [0.1, 0.15) is 0 Å². The first kappa shape index (κ1) is 18.9. The maximum absolute atomic E-state index is 12.7. The van der Waals surface area contributed by atoms with E-state index in [2.05, 4.69) is 50.1 Å². The number of carbonyl (C=O) groups is 1. The minimum atomic E-state index is -0.195. The van der Waals surface area contributed by atoms with Gasteiger partial charge in [0.05, 0.1) is 12.1 Å². The van der Waals surface area contributed by atoms with Crippen LogP contribution in [0.25, 0.3) is 0 Å². The Hall–Kier alpha value is -2.89. The van der Waals surface area contributed by atoms with E-state index in [1.807, 2.05) is 52.0 Å². The SMILES string of the molecule is CC(C)c1cc(C(=O)Nc2ccc(Cn3cccn3)cc2)nn1C(C)(C)C. The average Bonchev–Trinajstić information content (AvgIpc) is 3.25. The van der Waals surface area contributed by atoms with Crippen molar-refractivity contribution in [3.05, 3.63) is 65.7 Å². The lowest BCUT2D eigenvalue weighted by atomic mass is 10.1. The zero-order chi connectivity index (χ0) is 19.6. The van der Waals surface area contributed by atoms with Gasteiger partial charge in [-0.15, -0.1) is 0 Å². The Morgan fingerprint density at radius 2 is 1.89 bits per heavy atom. The summed E-state index contributed by atoms with van der Waals surface area (Å²) in [5.41, 5.74) is 3.19. The van der Waals surface area contributed by atoms with E-state index in [1.54, 1.807) is 6.20 Å². The number of hydrogen-bond donors (Lipinski definition) is 1. The molecular weight excluding hydrogens is 338 g/mol. The summed E-state index contributed by atoms with van der Waals surface area (Å²) in [5.74, 6) is 0.0968. The minimum Gasteiger partial charge on any atom is -0.321 e. The lowest BCUT2D eigenvalue weighted by Gasteiger charge is -2.23. The van der Waals surface area contributed by atoms with Gasteiger partial charge in [-0.1, -0.05) is 26.0 Å². The van der Waals surface area contributed by atoms with Gasteiger partial charge in [0.15, 0.2) is 5.69 Å². The second-order valence-corrected chi connectivity index (χ2v) is 8.05. The number of amides is 1. The minimum absolute atomic E-state index is 0.174. The summed E-state index contributed by atoms with van der Waals surface area (Å²) < 4.78 is 3.81. The van der Waals surface area contributed by atoms with Crippen molar-refractivity contribution in [1.82, 2.24) is 19.6 Å². The topological polar surface area (TPSA) is 64.7 Å². The summed E-state index contributed by atoms with van der Waals surface area (Å²) in [5, 5.41) is 11.7. The molecule has 0 saturated heterocycles. The molecule has 0 aliphatic carbocycles. The number of hydrogen-bond acceptors (Lipinski definition) is 3. The van der Waals surface area contributed by atoms with Crippen molar-refractivity contribution in [3.8, 4) is 0 Å². The van der Waals surface area contributed by atoms with E-state index in [4.69, 9.17) is 0 Å². The Kier molecular flexibility index (Phi) is 5.17. The van der Waals surface area contributed by atoms with E-state index in [0.717, 1.165) is 16.9 Å². The van der Waals surface area contributed by atoms with Gasteiger partial charge in [0.25, 0.3) is 5.91 Å². The van der Waals surface area contributed by atoms with Gasteiger partial charge in [-0.2, -0.15) is 10.2 Å². The maximum atomic E-state index is 12.7. The van der Waals surface area contributed by atoms with Crippen LogP contribution in [0.5, 0.6) is 0 Å². The van der Waals surface area contributed by atoms with Crippen LogP contribution in [0.3, 0.4) is 0 Å². The van der Waals surface area contributed by atoms with Crippen LogP contribution < -0.4 is 5.32 Å². The molecule has 3 rings (SSSR count). The number of nitrogens with zero attached hydrogens (tertiary/aromatic N) is 4. The fourth-order valence-corrected chi connectivity index (χ4v) is 2.92. The van der Waals surface area contributed by atoms with E-state index < -0.39 is 0 Å². The van der Waals surface area contributed by atoms with Crippen molar-refractivity contribution in [2.45, 2.75) is 52.6 Å². The van der Waals surface area contributed by atoms with Crippen molar-refractivity contribution in [1.29, 1.82) is 0 Å². The van der Waals surface area contributed by atoms with Gasteiger partial charge in [-0.3, -0.25) is 14.2 Å². The second kappa shape index (κ2) is 7.39. The molecule has 0 spiro atoms. The highest BCUT2D eigenvalue weighted by atomic mass is 16.2. The normalized spacial score (nSPS) is 11.8. The summed E-state index contributed by atoms with van der Waals surface area (Å²) in [6, 6.07) is 11.6. The van der Waals surface area contributed by atoms with E-state index in [0.29, 0.717) is 18.2 Å². The molecule has 1 amide bonds. The predicted octanol–water partition coefficient (Wildman–Crippen LogP) is 4.26. The molecule has 0 aliphatic rings. The molecule has 0 unspecified atom stereocenters. The Morgan fingerprint density at radius 3 is 2.41 bits per heavy atom. The van der Waals surface area contributed by atoms with Crippen molar-refractivity contribution in [3.63, 3.8) is 0 Å². The molecule has 0 saturated carbocycles. The van der Waals surface area contributed by atoms with Gasteiger partial charge < -0.3 is 5.32 Å². The summed E-state index contributed by atoms with van der Waals surface area (Å²) in [7, 11) is 0. The van der Waals surface area contributed by atoms with Gasteiger partial charge in [-0.05, 0) is 56.5 Å². The molecule has 2 aromatic heterocycles. The van der Waals surface area contributed by atoms with Crippen molar-refractivity contribution in [2.75, 3.05) is 5.32 Å². The zero-order valence-corrected chi connectivity index (χ0v) is 16.6. The fourth-order valence-electron chi connectivity index (χ4n) is 2.92. The largest absolute Gasteiger partial charge is 0.321 e. The molecule has 0 fully saturated rings. The van der Waals surface area contributed by atoms with Gasteiger partial charge in [-0.25, -0.2) is 0 Å². The Labute approximate surface area is 160 Å². The Morgan fingerprint density at radius 1 is 1.19 bits per heavy atom. The molecule has 0 radical (unpaired) electrons. The van der Waals surface area contributed by atoms with Crippen LogP contribution in [0.4, 0.5) is 5.69 Å². The van der Waals surface area contributed by atoms with Crippen LogP contribution >= 0.6 is 0 Å². The summed E-state index contributed by atoms with van der Waals surface area (Å²) in [6.45, 7) is 11.2. The number of carbonyl (C=O) groups excluding carboxylic acids is 1. The molecule has 6 nitrogen and oxygen atoms in total. The van der Waals surface area contributed by atoms with Gasteiger partial charge >= 0.3 is 0 Å². The number of aromatic nitrogens is 4. The quantitative estimate of drug-likeness (QED) is 0.735. The zero-order valence-electron chi connectivity index (χ0n) is 16.6. The Balaban J connectivity index is 1.73. The third kappa shape index (κ3) is 4.45. The van der Waals surface area contributed by atoms with Crippen LogP contribution in [0.1, 0.15) is 62.3 Å². The van der Waals surface area contributed by atoms with Crippen LogP contribution in [-0.2, 0) is 12.1 Å². The van der Waals surface area contributed by atoms with Crippen LogP contribution in [0, 0.1) is 0 Å². The molecule has 142 valence electrons. The first-order valence-corrected chi connectivity index (χ1v) is 9.22. The fraction of sp³-hybridized carbons (Fsp3) is 0.381. The molecule has 2 heterocycles. The maximum Gasteiger partial charge on any atom is 0.276 e. The van der Waals surface area contributed by atoms with Crippen molar-refractivity contribution in [2.24, 2.45) is 0 Å². The Bertz CT molecular complexity index is 899. The number of nitrogens with one attached hydrogen (secondary N) is 1. The lowest BCUT2D eigenvalue weighted by Crippen LogP contribution is -2.26.